The molecule has 5 nitrogen and oxygen atoms in total. The summed E-state index contributed by atoms with van der Waals surface area (Å²) in [5.74, 6) is -0.331. The van der Waals surface area contributed by atoms with E-state index in [1.807, 2.05) is 25.1 Å². The molecule has 1 fully saturated rings. The van der Waals surface area contributed by atoms with E-state index in [4.69, 9.17) is 0 Å². The molecule has 1 saturated heterocycles. The molecule has 0 spiro atoms. The Kier molecular flexibility index (Phi) is 6.86. The van der Waals surface area contributed by atoms with Crippen molar-refractivity contribution < 1.29 is 13.2 Å². The monoisotopic (exact) mass is 400 g/mol. The molecule has 1 N–H and O–H groups in total. The maximum atomic E-state index is 12.9. The summed E-state index contributed by atoms with van der Waals surface area (Å²) in [6, 6.07) is 17.0. The molecule has 2 aromatic carbocycles. The van der Waals surface area contributed by atoms with E-state index >= 15 is 0 Å². The predicted octanol–water partition coefficient (Wildman–Crippen LogP) is 3.14. The molecule has 0 aliphatic carbocycles. The molecular weight excluding hydrogens is 372 g/mol. The number of carbonyl (C=O) groups excluding carboxylic acids is 1. The number of sulfonamides is 1. The number of benzene rings is 2. The molecule has 0 saturated carbocycles. The van der Waals surface area contributed by atoms with Gasteiger partial charge in [0.25, 0.3) is 0 Å². The van der Waals surface area contributed by atoms with E-state index in [0.29, 0.717) is 24.4 Å². The zero-order valence-corrected chi connectivity index (χ0v) is 17.1. The average molecular weight is 401 g/mol. The number of carbonyl (C=O) groups is 1. The Labute approximate surface area is 167 Å². The van der Waals surface area contributed by atoms with Crippen molar-refractivity contribution in [1.82, 2.24) is 9.62 Å². The highest BCUT2D eigenvalue weighted by Crippen LogP contribution is 2.24. The average Bonchev–Trinajstić information content (AvgIpc) is 2.72. The standard InChI is InChI=1S/C22H28N2O3S/c1-18-11-13-21(14-12-18)28(26,27)24-16-6-10-20(17-24)22(25)23-15-5-9-19-7-3-2-4-8-19/h2-4,7-8,11-14,20H,5-6,9-10,15-17H2,1H3,(H,23,25)/t20-/m1/s1. The van der Waals surface area contributed by atoms with Crippen LogP contribution in [-0.4, -0.2) is 38.3 Å². The van der Waals surface area contributed by atoms with Crippen LogP contribution in [0.1, 0.15) is 30.4 Å². The quantitative estimate of drug-likeness (QED) is 0.726. The molecule has 1 aliphatic heterocycles. The zero-order valence-electron chi connectivity index (χ0n) is 16.3. The summed E-state index contributed by atoms with van der Waals surface area (Å²) in [5.41, 5.74) is 2.27. The van der Waals surface area contributed by atoms with Crippen molar-refractivity contribution in [2.24, 2.45) is 5.92 Å². The van der Waals surface area contributed by atoms with E-state index in [2.05, 4.69) is 17.4 Å². The van der Waals surface area contributed by atoms with Crippen LogP contribution >= 0.6 is 0 Å². The van der Waals surface area contributed by atoms with Gasteiger partial charge in [-0.3, -0.25) is 4.79 Å². The van der Waals surface area contributed by atoms with Crippen molar-refractivity contribution in [3.63, 3.8) is 0 Å². The van der Waals surface area contributed by atoms with Gasteiger partial charge in [0.15, 0.2) is 0 Å². The number of nitrogens with zero attached hydrogens (tertiary/aromatic N) is 1. The van der Waals surface area contributed by atoms with Crippen LogP contribution in [0.25, 0.3) is 0 Å². The normalized spacial score (nSPS) is 18.0. The summed E-state index contributed by atoms with van der Waals surface area (Å²) in [5, 5.41) is 2.98. The fraction of sp³-hybridized carbons (Fsp3) is 0.409. The third-order valence-electron chi connectivity index (χ3n) is 5.20. The van der Waals surface area contributed by atoms with Crippen LogP contribution < -0.4 is 5.32 Å². The molecule has 0 bridgehead atoms. The molecule has 28 heavy (non-hydrogen) atoms. The van der Waals surface area contributed by atoms with Crippen LogP contribution in [0.5, 0.6) is 0 Å². The Morgan fingerprint density at radius 3 is 2.54 bits per heavy atom. The van der Waals surface area contributed by atoms with Gasteiger partial charge in [0.05, 0.1) is 10.8 Å². The Morgan fingerprint density at radius 2 is 1.82 bits per heavy atom. The highest BCUT2D eigenvalue weighted by Gasteiger charge is 2.33. The minimum Gasteiger partial charge on any atom is -0.356 e. The number of aryl methyl sites for hydroxylation is 2. The van der Waals surface area contributed by atoms with Crippen molar-refractivity contribution in [2.75, 3.05) is 19.6 Å². The third kappa shape index (κ3) is 5.20. The molecular formula is C22H28N2O3S. The first-order chi connectivity index (χ1) is 13.5. The van der Waals surface area contributed by atoms with Crippen molar-refractivity contribution >= 4 is 15.9 Å². The summed E-state index contributed by atoms with van der Waals surface area (Å²) < 4.78 is 27.2. The Bertz CT molecular complexity index is 880. The summed E-state index contributed by atoms with van der Waals surface area (Å²) in [7, 11) is -3.55. The minimum atomic E-state index is -3.55. The molecule has 1 heterocycles. The van der Waals surface area contributed by atoms with Gasteiger partial charge in [0.2, 0.25) is 15.9 Å². The number of nitrogens with one attached hydrogen (secondary N) is 1. The van der Waals surface area contributed by atoms with Gasteiger partial charge in [-0.15, -0.1) is 0 Å². The van der Waals surface area contributed by atoms with E-state index in [0.717, 1.165) is 24.8 Å². The number of amides is 1. The lowest BCUT2D eigenvalue weighted by Crippen LogP contribution is -2.45. The molecule has 0 radical (unpaired) electrons. The van der Waals surface area contributed by atoms with E-state index in [1.54, 1.807) is 24.3 Å². The van der Waals surface area contributed by atoms with Gasteiger partial charge in [0, 0.05) is 19.6 Å². The van der Waals surface area contributed by atoms with Gasteiger partial charge in [0.1, 0.15) is 0 Å². The summed E-state index contributed by atoms with van der Waals surface area (Å²) in [6.07, 6.45) is 3.21. The van der Waals surface area contributed by atoms with Gasteiger partial charge in [-0.05, 0) is 50.3 Å². The van der Waals surface area contributed by atoms with Crippen LogP contribution in [0.15, 0.2) is 59.5 Å². The highest BCUT2D eigenvalue weighted by atomic mass is 32.2. The molecule has 1 aliphatic rings. The Balaban J connectivity index is 1.52. The number of hydrogen-bond acceptors (Lipinski definition) is 3. The number of piperidine rings is 1. The van der Waals surface area contributed by atoms with E-state index in [9.17, 15) is 13.2 Å². The zero-order chi connectivity index (χ0) is 20.0. The fourth-order valence-corrected chi connectivity index (χ4v) is 5.05. The second kappa shape index (κ2) is 9.34. The first kappa shape index (κ1) is 20.6. The molecule has 1 amide bonds. The smallest absolute Gasteiger partial charge is 0.243 e. The second-order valence-electron chi connectivity index (χ2n) is 7.40. The maximum Gasteiger partial charge on any atom is 0.243 e. The molecule has 0 aromatic heterocycles. The Morgan fingerprint density at radius 1 is 1.11 bits per heavy atom. The maximum absolute atomic E-state index is 12.9. The lowest BCUT2D eigenvalue weighted by Gasteiger charge is -2.31. The van der Waals surface area contributed by atoms with E-state index in [1.165, 1.54) is 9.87 Å². The molecule has 2 aromatic rings. The molecule has 3 rings (SSSR count). The molecule has 1 atom stereocenters. The van der Waals surface area contributed by atoms with Gasteiger partial charge in [-0.2, -0.15) is 4.31 Å². The topological polar surface area (TPSA) is 66.5 Å². The van der Waals surface area contributed by atoms with Crippen LogP contribution in [0.2, 0.25) is 0 Å². The van der Waals surface area contributed by atoms with Crippen molar-refractivity contribution in [3.8, 4) is 0 Å². The molecule has 0 unspecified atom stereocenters. The number of hydrogen-bond donors (Lipinski definition) is 1. The third-order valence-corrected chi connectivity index (χ3v) is 7.08. The van der Waals surface area contributed by atoms with Gasteiger partial charge >= 0.3 is 0 Å². The summed E-state index contributed by atoms with van der Waals surface area (Å²) >= 11 is 0. The lowest BCUT2D eigenvalue weighted by atomic mass is 9.99. The minimum absolute atomic E-state index is 0.0446. The SMILES string of the molecule is Cc1ccc(S(=O)(=O)N2CCC[C@@H](C(=O)NCCCc3ccccc3)C2)cc1. The van der Waals surface area contributed by atoms with Gasteiger partial charge < -0.3 is 5.32 Å². The van der Waals surface area contributed by atoms with Crippen molar-refractivity contribution in [2.45, 2.75) is 37.5 Å². The van der Waals surface area contributed by atoms with E-state index in [-0.39, 0.29) is 18.4 Å². The first-order valence-corrected chi connectivity index (χ1v) is 11.3. The lowest BCUT2D eigenvalue weighted by molar-refractivity contribution is -0.126. The van der Waals surface area contributed by atoms with Crippen LogP contribution in [-0.2, 0) is 21.2 Å². The van der Waals surface area contributed by atoms with Crippen LogP contribution in [0.4, 0.5) is 0 Å². The van der Waals surface area contributed by atoms with E-state index < -0.39 is 10.0 Å². The van der Waals surface area contributed by atoms with Gasteiger partial charge in [-0.1, -0.05) is 48.0 Å². The fourth-order valence-electron chi connectivity index (χ4n) is 3.53. The van der Waals surface area contributed by atoms with Gasteiger partial charge in [-0.25, -0.2) is 8.42 Å². The molecule has 150 valence electrons. The summed E-state index contributed by atoms with van der Waals surface area (Å²) in [6.45, 7) is 3.25. The van der Waals surface area contributed by atoms with Crippen LogP contribution in [0.3, 0.4) is 0 Å². The largest absolute Gasteiger partial charge is 0.356 e. The Hall–Kier alpha value is -2.18. The van der Waals surface area contributed by atoms with Crippen LogP contribution in [0, 0.1) is 12.8 Å². The molecule has 6 heteroatoms. The van der Waals surface area contributed by atoms with Crippen molar-refractivity contribution in [1.29, 1.82) is 0 Å². The number of rotatable bonds is 7. The van der Waals surface area contributed by atoms with Crippen molar-refractivity contribution in [3.05, 3.63) is 65.7 Å². The first-order valence-electron chi connectivity index (χ1n) is 9.85. The predicted molar refractivity (Wildman–Crippen MR) is 110 cm³/mol. The highest BCUT2D eigenvalue weighted by molar-refractivity contribution is 7.89. The second-order valence-corrected chi connectivity index (χ2v) is 9.33. The summed E-state index contributed by atoms with van der Waals surface area (Å²) in [4.78, 5) is 12.8.